The van der Waals surface area contributed by atoms with Gasteiger partial charge in [-0.25, -0.2) is 4.79 Å². The van der Waals surface area contributed by atoms with Crippen LogP contribution in [-0.2, 0) is 4.74 Å². The molecule has 0 aromatic heterocycles. The quantitative estimate of drug-likeness (QED) is 0.363. The number of carbonyl (C=O) groups is 1. The summed E-state index contributed by atoms with van der Waals surface area (Å²) >= 11 is 0. The third-order valence-electron chi connectivity index (χ3n) is 4.26. The minimum atomic E-state index is -0.251. The number of hydrogen-bond acceptors (Lipinski definition) is 5. The zero-order valence-electron chi connectivity index (χ0n) is 17.0. The predicted molar refractivity (Wildman–Crippen MR) is 120 cm³/mol. The monoisotopic (exact) mass is 506 g/mol. The van der Waals surface area contributed by atoms with E-state index in [4.69, 9.17) is 14.2 Å². The number of rotatable bonds is 6. The van der Waals surface area contributed by atoms with Crippen LogP contribution >= 0.6 is 24.0 Å². The number of carbonyl (C=O) groups excluding carboxylic acids is 1. The van der Waals surface area contributed by atoms with Gasteiger partial charge in [-0.05, 0) is 26.0 Å². The van der Waals surface area contributed by atoms with Gasteiger partial charge in [0.1, 0.15) is 6.10 Å². The average molecular weight is 506 g/mol. The molecule has 8 nitrogen and oxygen atoms in total. The lowest BCUT2D eigenvalue weighted by molar-refractivity contribution is 0.0913. The summed E-state index contributed by atoms with van der Waals surface area (Å²) in [7, 11) is 3.38. The van der Waals surface area contributed by atoms with E-state index in [0.29, 0.717) is 50.8 Å². The van der Waals surface area contributed by atoms with Crippen molar-refractivity contribution in [3.05, 3.63) is 24.3 Å². The molecular formula is C19H31IN4O4. The van der Waals surface area contributed by atoms with Crippen molar-refractivity contribution in [1.29, 1.82) is 0 Å². The molecular weight excluding hydrogens is 475 g/mol. The van der Waals surface area contributed by atoms with Crippen molar-refractivity contribution in [3.8, 4) is 11.5 Å². The van der Waals surface area contributed by atoms with Gasteiger partial charge in [-0.1, -0.05) is 12.1 Å². The van der Waals surface area contributed by atoms with Crippen molar-refractivity contribution in [2.24, 2.45) is 4.99 Å². The summed E-state index contributed by atoms with van der Waals surface area (Å²) in [6.07, 6.45) is -0.321. The lowest BCUT2D eigenvalue weighted by Gasteiger charge is -2.36. The normalized spacial score (nSPS) is 15.4. The average Bonchev–Trinajstić information content (AvgIpc) is 2.69. The molecule has 1 aliphatic heterocycles. The van der Waals surface area contributed by atoms with E-state index < -0.39 is 0 Å². The Hall–Kier alpha value is -1.91. The number of nitrogens with one attached hydrogen (secondary N) is 1. The molecule has 9 heteroatoms. The zero-order chi connectivity index (χ0) is 19.6. The molecule has 0 radical (unpaired) electrons. The fourth-order valence-corrected chi connectivity index (χ4v) is 2.86. The molecule has 0 aliphatic carbocycles. The number of ether oxygens (including phenoxy) is 3. The van der Waals surface area contributed by atoms with Crippen LogP contribution in [0.1, 0.15) is 13.8 Å². The van der Waals surface area contributed by atoms with Crippen LogP contribution in [0.4, 0.5) is 4.79 Å². The zero-order valence-corrected chi connectivity index (χ0v) is 19.3. The minimum Gasteiger partial charge on any atom is -0.493 e. The number of hydrogen-bond donors (Lipinski definition) is 1. The smallest absolute Gasteiger partial charge is 0.409 e. The molecule has 1 saturated heterocycles. The van der Waals surface area contributed by atoms with Gasteiger partial charge in [0.15, 0.2) is 17.5 Å². The van der Waals surface area contributed by atoms with Gasteiger partial charge in [-0.3, -0.25) is 4.99 Å². The Morgan fingerprint density at radius 2 is 1.79 bits per heavy atom. The number of guanidine groups is 1. The first-order valence-electron chi connectivity index (χ1n) is 9.26. The Kier molecular flexibility index (Phi) is 10.8. The van der Waals surface area contributed by atoms with Crippen LogP contribution in [0.15, 0.2) is 29.3 Å². The van der Waals surface area contributed by atoms with Crippen LogP contribution in [0.2, 0.25) is 0 Å². The van der Waals surface area contributed by atoms with E-state index in [-0.39, 0.29) is 36.2 Å². The molecule has 1 aromatic rings. The first kappa shape index (κ1) is 24.1. The van der Waals surface area contributed by atoms with Crippen LogP contribution in [0, 0.1) is 0 Å². The molecule has 1 aliphatic rings. The molecule has 0 saturated carbocycles. The minimum absolute atomic E-state index is 0. The van der Waals surface area contributed by atoms with Gasteiger partial charge in [0, 0.05) is 33.2 Å². The molecule has 0 spiro atoms. The van der Waals surface area contributed by atoms with Crippen LogP contribution in [0.3, 0.4) is 0 Å². The van der Waals surface area contributed by atoms with E-state index in [2.05, 4.69) is 15.2 Å². The molecule has 1 heterocycles. The Morgan fingerprint density at radius 1 is 1.18 bits per heavy atom. The highest BCUT2D eigenvalue weighted by molar-refractivity contribution is 14.0. The summed E-state index contributed by atoms with van der Waals surface area (Å²) in [6.45, 7) is 7.45. The summed E-state index contributed by atoms with van der Waals surface area (Å²) in [5.74, 6) is 2.23. The van der Waals surface area contributed by atoms with Crippen molar-refractivity contribution >= 4 is 36.0 Å². The van der Waals surface area contributed by atoms with E-state index in [9.17, 15) is 4.79 Å². The second-order valence-corrected chi connectivity index (χ2v) is 6.18. The number of piperazine rings is 1. The number of benzene rings is 1. The Morgan fingerprint density at radius 3 is 2.36 bits per heavy atom. The van der Waals surface area contributed by atoms with E-state index in [1.807, 2.05) is 38.1 Å². The Labute approximate surface area is 184 Å². The fourth-order valence-electron chi connectivity index (χ4n) is 2.86. The van der Waals surface area contributed by atoms with Crippen molar-refractivity contribution < 1.29 is 19.0 Å². The molecule has 1 aromatic carbocycles. The lowest BCUT2D eigenvalue weighted by atomic mass is 10.3. The summed E-state index contributed by atoms with van der Waals surface area (Å²) in [4.78, 5) is 20.0. The lowest BCUT2D eigenvalue weighted by Crippen LogP contribution is -2.54. The van der Waals surface area contributed by atoms with Gasteiger partial charge in [0.2, 0.25) is 0 Å². The van der Waals surface area contributed by atoms with Crippen LogP contribution in [0.25, 0.3) is 0 Å². The molecule has 1 atom stereocenters. The number of halogens is 1. The molecule has 2 rings (SSSR count). The Balaban J connectivity index is 0.00000392. The van der Waals surface area contributed by atoms with E-state index in [0.717, 1.165) is 5.96 Å². The van der Waals surface area contributed by atoms with Crippen molar-refractivity contribution in [1.82, 2.24) is 15.1 Å². The van der Waals surface area contributed by atoms with E-state index in [1.54, 1.807) is 19.1 Å². The summed E-state index contributed by atoms with van der Waals surface area (Å²) < 4.78 is 16.3. The predicted octanol–water partition coefficient (Wildman–Crippen LogP) is 2.43. The molecule has 1 amide bonds. The highest BCUT2D eigenvalue weighted by atomic mass is 127. The van der Waals surface area contributed by atoms with Crippen molar-refractivity contribution in [2.45, 2.75) is 20.0 Å². The maximum atomic E-state index is 11.8. The van der Waals surface area contributed by atoms with Gasteiger partial charge in [-0.15, -0.1) is 24.0 Å². The summed E-state index contributed by atoms with van der Waals surface area (Å²) in [5, 5.41) is 3.34. The van der Waals surface area contributed by atoms with Crippen LogP contribution in [0.5, 0.6) is 11.5 Å². The fraction of sp³-hybridized carbons (Fsp3) is 0.579. The summed E-state index contributed by atoms with van der Waals surface area (Å²) in [6, 6.07) is 7.59. The molecule has 158 valence electrons. The van der Waals surface area contributed by atoms with Crippen LogP contribution in [-0.4, -0.2) is 81.4 Å². The molecule has 1 N–H and O–H groups in total. The summed E-state index contributed by atoms with van der Waals surface area (Å²) in [5.41, 5.74) is 0. The highest BCUT2D eigenvalue weighted by Gasteiger charge is 2.24. The third-order valence-corrected chi connectivity index (χ3v) is 4.26. The van der Waals surface area contributed by atoms with Crippen molar-refractivity contribution in [3.63, 3.8) is 0 Å². The van der Waals surface area contributed by atoms with Gasteiger partial charge in [0.05, 0.1) is 20.3 Å². The number of para-hydroxylation sites is 2. The van der Waals surface area contributed by atoms with Gasteiger partial charge in [0.25, 0.3) is 0 Å². The first-order chi connectivity index (χ1) is 13.1. The first-order valence-corrected chi connectivity index (χ1v) is 9.26. The van der Waals surface area contributed by atoms with Crippen LogP contribution < -0.4 is 14.8 Å². The maximum absolute atomic E-state index is 11.8. The molecule has 0 bridgehead atoms. The second-order valence-electron chi connectivity index (χ2n) is 6.18. The third kappa shape index (κ3) is 6.92. The van der Waals surface area contributed by atoms with E-state index >= 15 is 0 Å². The number of nitrogens with zero attached hydrogens (tertiary/aromatic N) is 3. The van der Waals surface area contributed by atoms with Gasteiger partial charge < -0.3 is 29.3 Å². The number of amides is 1. The largest absolute Gasteiger partial charge is 0.493 e. The SMILES string of the molecule is CCOC(=O)N1CCN(C(=NC)NCC(C)Oc2ccccc2OC)CC1.I. The number of methoxy groups -OCH3 is 1. The molecule has 1 unspecified atom stereocenters. The van der Waals surface area contributed by atoms with E-state index in [1.165, 1.54) is 0 Å². The highest BCUT2D eigenvalue weighted by Crippen LogP contribution is 2.26. The topological polar surface area (TPSA) is 75.6 Å². The van der Waals surface area contributed by atoms with Crippen molar-refractivity contribution in [2.75, 3.05) is 53.5 Å². The molecule has 1 fully saturated rings. The number of aliphatic imine (C=N–C) groups is 1. The maximum Gasteiger partial charge on any atom is 0.409 e. The van der Waals surface area contributed by atoms with Gasteiger partial charge in [-0.2, -0.15) is 0 Å². The standard InChI is InChI=1S/C19H30N4O4.HI/c1-5-26-19(24)23-12-10-22(11-13-23)18(20-3)21-14-15(2)27-17-9-7-6-8-16(17)25-4;/h6-9,15H,5,10-14H2,1-4H3,(H,20,21);1H. The molecule has 28 heavy (non-hydrogen) atoms. The Bertz CT molecular complexity index is 636. The van der Waals surface area contributed by atoms with Gasteiger partial charge >= 0.3 is 6.09 Å². The second kappa shape index (κ2) is 12.5.